The molecule has 0 saturated heterocycles. The summed E-state index contributed by atoms with van der Waals surface area (Å²) >= 11 is 1.73. The molecule has 18 heavy (non-hydrogen) atoms. The molecule has 1 heterocycles. The molecule has 1 aromatic carbocycles. The number of nitrogens with zero attached hydrogens (tertiary/aromatic N) is 3. The SMILES string of the molecule is C=Cc1ccc(Cn2ncnc2SC(C)C)cc1. The van der Waals surface area contributed by atoms with Crippen LogP contribution in [0.5, 0.6) is 0 Å². The van der Waals surface area contributed by atoms with Crippen molar-refractivity contribution in [2.75, 3.05) is 0 Å². The van der Waals surface area contributed by atoms with E-state index in [0.29, 0.717) is 5.25 Å². The van der Waals surface area contributed by atoms with Crippen molar-refractivity contribution in [3.63, 3.8) is 0 Å². The summed E-state index contributed by atoms with van der Waals surface area (Å²) in [6.45, 7) is 8.82. The molecule has 1 aromatic heterocycles. The predicted octanol–water partition coefficient (Wildman–Crippen LogP) is 3.47. The zero-order valence-electron chi connectivity index (χ0n) is 10.7. The predicted molar refractivity (Wildman–Crippen MR) is 76.7 cm³/mol. The summed E-state index contributed by atoms with van der Waals surface area (Å²) in [6.07, 6.45) is 3.46. The Morgan fingerprint density at radius 2 is 2.06 bits per heavy atom. The van der Waals surface area contributed by atoms with Crippen molar-refractivity contribution in [2.45, 2.75) is 30.8 Å². The van der Waals surface area contributed by atoms with E-state index in [4.69, 9.17) is 0 Å². The quantitative estimate of drug-likeness (QED) is 0.770. The molecule has 0 saturated carbocycles. The van der Waals surface area contributed by atoms with Crippen molar-refractivity contribution in [1.82, 2.24) is 14.8 Å². The van der Waals surface area contributed by atoms with Crippen molar-refractivity contribution < 1.29 is 0 Å². The fraction of sp³-hybridized carbons (Fsp3) is 0.286. The lowest BCUT2D eigenvalue weighted by Gasteiger charge is -2.07. The van der Waals surface area contributed by atoms with Crippen molar-refractivity contribution in [2.24, 2.45) is 0 Å². The minimum Gasteiger partial charge on any atom is -0.236 e. The standard InChI is InChI=1S/C14H17N3S/c1-4-12-5-7-13(8-6-12)9-17-14(15-10-16-17)18-11(2)3/h4-8,10-11H,1,9H2,2-3H3. The van der Waals surface area contributed by atoms with E-state index in [1.807, 2.05) is 10.8 Å². The maximum absolute atomic E-state index is 4.28. The Hall–Kier alpha value is -1.55. The molecule has 0 unspecified atom stereocenters. The Labute approximate surface area is 112 Å². The molecule has 0 radical (unpaired) electrons. The highest BCUT2D eigenvalue weighted by Gasteiger charge is 2.07. The molecule has 0 aliphatic heterocycles. The third-order valence-corrected chi connectivity index (χ3v) is 3.47. The van der Waals surface area contributed by atoms with Crippen LogP contribution in [0.2, 0.25) is 0 Å². The first-order chi connectivity index (χ1) is 8.69. The lowest BCUT2D eigenvalue weighted by atomic mass is 10.1. The van der Waals surface area contributed by atoms with Crippen LogP contribution >= 0.6 is 11.8 Å². The summed E-state index contributed by atoms with van der Waals surface area (Å²) < 4.78 is 1.94. The van der Waals surface area contributed by atoms with Crippen LogP contribution in [0.1, 0.15) is 25.0 Å². The zero-order chi connectivity index (χ0) is 13.0. The number of hydrogen-bond donors (Lipinski definition) is 0. The molecule has 2 aromatic rings. The van der Waals surface area contributed by atoms with E-state index in [9.17, 15) is 0 Å². The molecule has 3 nitrogen and oxygen atoms in total. The highest BCUT2D eigenvalue weighted by Crippen LogP contribution is 2.20. The Bertz CT molecular complexity index is 514. The number of hydrogen-bond acceptors (Lipinski definition) is 3. The first kappa shape index (κ1) is 12.9. The van der Waals surface area contributed by atoms with Gasteiger partial charge in [-0.15, -0.1) is 0 Å². The maximum Gasteiger partial charge on any atom is 0.186 e. The Morgan fingerprint density at radius 1 is 1.33 bits per heavy atom. The molecule has 94 valence electrons. The number of aromatic nitrogens is 3. The summed E-state index contributed by atoms with van der Waals surface area (Å²) in [7, 11) is 0. The highest BCUT2D eigenvalue weighted by atomic mass is 32.2. The summed E-state index contributed by atoms with van der Waals surface area (Å²) in [4.78, 5) is 4.28. The van der Waals surface area contributed by atoms with Gasteiger partial charge in [-0.1, -0.05) is 62.5 Å². The van der Waals surface area contributed by atoms with Gasteiger partial charge in [0.2, 0.25) is 0 Å². The van der Waals surface area contributed by atoms with Gasteiger partial charge in [-0.2, -0.15) is 5.10 Å². The van der Waals surface area contributed by atoms with E-state index in [1.54, 1.807) is 18.1 Å². The van der Waals surface area contributed by atoms with Crippen LogP contribution < -0.4 is 0 Å². The molecule has 0 bridgehead atoms. The van der Waals surface area contributed by atoms with Gasteiger partial charge >= 0.3 is 0 Å². The Morgan fingerprint density at radius 3 is 2.67 bits per heavy atom. The van der Waals surface area contributed by atoms with E-state index < -0.39 is 0 Å². The van der Waals surface area contributed by atoms with Crippen molar-refractivity contribution in [3.8, 4) is 0 Å². The van der Waals surface area contributed by atoms with Crippen molar-refractivity contribution in [3.05, 3.63) is 48.3 Å². The van der Waals surface area contributed by atoms with E-state index >= 15 is 0 Å². The van der Waals surface area contributed by atoms with Gasteiger partial charge in [-0.3, -0.25) is 0 Å². The normalized spacial score (nSPS) is 10.8. The second-order valence-corrected chi connectivity index (χ2v) is 5.86. The number of benzene rings is 1. The summed E-state index contributed by atoms with van der Waals surface area (Å²) in [6, 6.07) is 8.33. The van der Waals surface area contributed by atoms with Crippen LogP contribution in [-0.4, -0.2) is 20.0 Å². The fourth-order valence-electron chi connectivity index (χ4n) is 1.60. The average molecular weight is 259 g/mol. The highest BCUT2D eigenvalue weighted by molar-refractivity contribution is 7.99. The van der Waals surface area contributed by atoms with E-state index in [-0.39, 0.29) is 0 Å². The van der Waals surface area contributed by atoms with Gasteiger partial charge in [0, 0.05) is 5.25 Å². The largest absolute Gasteiger partial charge is 0.236 e. The number of rotatable bonds is 5. The molecule has 0 amide bonds. The van der Waals surface area contributed by atoms with Gasteiger partial charge in [0.1, 0.15) is 6.33 Å². The molecule has 0 atom stereocenters. The third-order valence-electron chi connectivity index (χ3n) is 2.47. The maximum atomic E-state index is 4.28. The van der Waals surface area contributed by atoms with Gasteiger partial charge in [0.05, 0.1) is 6.54 Å². The smallest absolute Gasteiger partial charge is 0.186 e. The van der Waals surface area contributed by atoms with Crippen molar-refractivity contribution in [1.29, 1.82) is 0 Å². The van der Waals surface area contributed by atoms with Crippen LogP contribution in [0.25, 0.3) is 6.08 Å². The van der Waals surface area contributed by atoms with Crippen LogP contribution in [-0.2, 0) is 6.54 Å². The van der Waals surface area contributed by atoms with E-state index in [1.165, 1.54) is 5.56 Å². The molecule has 0 fully saturated rings. The van der Waals surface area contributed by atoms with Gasteiger partial charge < -0.3 is 0 Å². The molecular weight excluding hydrogens is 242 g/mol. The molecule has 0 N–H and O–H groups in total. The molecule has 4 heteroatoms. The van der Waals surface area contributed by atoms with Gasteiger partial charge in [0.25, 0.3) is 0 Å². The summed E-state index contributed by atoms with van der Waals surface area (Å²) in [5, 5.41) is 5.75. The Kier molecular flexibility index (Phi) is 4.20. The molecule has 0 aliphatic rings. The summed E-state index contributed by atoms with van der Waals surface area (Å²) in [5.74, 6) is 0. The average Bonchev–Trinajstić information content (AvgIpc) is 2.77. The minimum absolute atomic E-state index is 0.510. The van der Waals surface area contributed by atoms with Gasteiger partial charge in [-0.05, 0) is 11.1 Å². The van der Waals surface area contributed by atoms with Crippen LogP contribution in [0.3, 0.4) is 0 Å². The molecular formula is C14H17N3S. The second kappa shape index (κ2) is 5.87. The number of thioether (sulfide) groups is 1. The fourth-order valence-corrected chi connectivity index (χ4v) is 2.36. The first-order valence-electron chi connectivity index (χ1n) is 5.95. The van der Waals surface area contributed by atoms with Crippen molar-refractivity contribution >= 4 is 17.8 Å². The van der Waals surface area contributed by atoms with Gasteiger partial charge in [0.15, 0.2) is 5.16 Å². The monoisotopic (exact) mass is 259 g/mol. The molecule has 0 aliphatic carbocycles. The topological polar surface area (TPSA) is 30.7 Å². The lowest BCUT2D eigenvalue weighted by Crippen LogP contribution is -2.04. The second-order valence-electron chi connectivity index (χ2n) is 4.31. The van der Waals surface area contributed by atoms with E-state index in [0.717, 1.165) is 17.3 Å². The minimum atomic E-state index is 0.510. The molecule has 0 spiro atoms. The molecule has 2 rings (SSSR count). The Balaban J connectivity index is 2.12. The van der Waals surface area contributed by atoms with Crippen LogP contribution in [0.15, 0.2) is 42.3 Å². The zero-order valence-corrected chi connectivity index (χ0v) is 11.5. The van der Waals surface area contributed by atoms with Crippen LogP contribution in [0.4, 0.5) is 0 Å². The summed E-state index contributed by atoms with van der Waals surface area (Å²) in [5.41, 5.74) is 2.35. The van der Waals surface area contributed by atoms with E-state index in [2.05, 4.69) is 54.8 Å². The van der Waals surface area contributed by atoms with Gasteiger partial charge in [-0.25, -0.2) is 9.67 Å². The lowest BCUT2D eigenvalue weighted by molar-refractivity contribution is 0.617. The van der Waals surface area contributed by atoms with Crippen LogP contribution in [0, 0.1) is 0 Å². The third kappa shape index (κ3) is 3.23. The first-order valence-corrected chi connectivity index (χ1v) is 6.83.